The van der Waals surface area contributed by atoms with Crippen molar-refractivity contribution in [2.24, 2.45) is 0 Å². The molecule has 0 N–H and O–H groups in total. The minimum absolute atomic E-state index is 0.0170. The molecule has 0 amide bonds. The Bertz CT molecular complexity index is 851. The van der Waals surface area contributed by atoms with E-state index < -0.39 is 11.7 Å². The highest BCUT2D eigenvalue weighted by Crippen LogP contribution is 2.48. The standard InChI is InChI=1S/C19H21F3N2O2/c1-10(2)25-16-9-11(19(20,21)22)17-12(23-16)7-8-14-18(17)26-15-6-4-5-13(15)24(14)3/h7-10,13,15H,4-6H2,1-3H3/t13-,15+/m1/s1. The van der Waals surface area contributed by atoms with Gasteiger partial charge in [-0.25, -0.2) is 4.98 Å². The topological polar surface area (TPSA) is 34.6 Å². The summed E-state index contributed by atoms with van der Waals surface area (Å²) in [5, 5.41) is 0.0170. The number of halogens is 3. The van der Waals surface area contributed by atoms with E-state index in [1.165, 1.54) is 0 Å². The minimum atomic E-state index is -4.53. The van der Waals surface area contributed by atoms with Crippen molar-refractivity contribution in [3.05, 3.63) is 23.8 Å². The minimum Gasteiger partial charge on any atom is -0.485 e. The third-order valence-corrected chi connectivity index (χ3v) is 5.11. The number of benzene rings is 1. The normalized spacial score (nSPS) is 22.3. The number of ether oxygens (including phenoxy) is 2. The molecule has 2 aromatic rings. The van der Waals surface area contributed by atoms with Gasteiger partial charge in [0.15, 0.2) is 5.75 Å². The van der Waals surface area contributed by atoms with E-state index in [-0.39, 0.29) is 40.8 Å². The van der Waals surface area contributed by atoms with Gasteiger partial charge < -0.3 is 14.4 Å². The molecule has 1 saturated carbocycles. The second kappa shape index (κ2) is 5.93. The maximum Gasteiger partial charge on any atom is 0.417 e. The predicted molar refractivity (Wildman–Crippen MR) is 93.0 cm³/mol. The molecule has 0 saturated heterocycles. The Balaban J connectivity index is 1.95. The van der Waals surface area contributed by atoms with Gasteiger partial charge in [0.25, 0.3) is 0 Å². The molecule has 2 atom stereocenters. The predicted octanol–water partition coefficient (Wildman–Crippen LogP) is 4.79. The number of rotatable bonds is 2. The van der Waals surface area contributed by atoms with Crippen LogP contribution < -0.4 is 14.4 Å². The lowest BCUT2D eigenvalue weighted by Crippen LogP contribution is -2.44. The van der Waals surface area contributed by atoms with Gasteiger partial charge >= 0.3 is 6.18 Å². The van der Waals surface area contributed by atoms with E-state index >= 15 is 0 Å². The second-order valence-electron chi connectivity index (χ2n) is 7.25. The van der Waals surface area contributed by atoms with Crippen molar-refractivity contribution >= 4 is 16.6 Å². The van der Waals surface area contributed by atoms with E-state index in [1.54, 1.807) is 26.0 Å². The zero-order chi connectivity index (χ0) is 18.6. The van der Waals surface area contributed by atoms with Gasteiger partial charge in [0.05, 0.1) is 34.3 Å². The Morgan fingerprint density at radius 3 is 2.73 bits per heavy atom. The van der Waals surface area contributed by atoms with E-state index in [2.05, 4.69) is 9.88 Å². The number of likely N-dealkylation sites (N-methyl/N-ethyl adjacent to an activating group) is 1. The Labute approximate surface area is 149 Å². The van der Waals surface area contributed by atoms with Crippen molar-refractivity contribution in [2.75, 3.05) is 11.9 Å². The summed E-state index contributed by atoms with van der Waals surface area (Å²) in [7, 11) is 1.92. The molecule has 140 valence electrons. The van der Waals surface area contributed by atoms with Crippen LogP contribution in [0.15, 0.2) is 18.2 Å². The number of aromatic nitrogens is 1. The fourth-order valence-electron chi connectivity index (χ4n) is 4.00. The summed E-state index contributed by atoms with van der Waals surface area (Å²) in [5.74, 6) is 0.256. The molecule has 4 rings (SSSR count). The van der Waals surface area contributed by atoms with Gasteiger partial charge in [-0.3, -0.25) is 0 Å². The maximum absolute atomic E-state index is 13.8. The molecule has 0 unspecified atom stereocenters. The van der Waals surface area contributed by atoms with Crippen molar-refractivity contribution < 1.29 is 22.6 Å². The summed E-state index contributed by atoms with van der Waals surface area (Å²) >= 11 is 0. The molecule has 0 bridgehead atoms. The Hall–Kier alpha value is -2.18. The first-order valence-electron chi connectivity index (χ1n) is 8.87. The van der Waals surface area contributed by atoms with Crippen molar-refractivity contribution in [3.63, 3.8) is 0 Å². The quantitative estimate of drug-likeness (QED) is 0.765. The van der Waals surface area contributed by atoms with Gasteiger partial charge in [-0.1, -0.05) is 0 Å². The molecule has 0 spiro atoms. The first-order chi connectivity index (χ1) is 12.3. The van der Waals surface area contributed by atoms with E-state index in [0.717, 1.165) is 25.3 Å². The third-order valence-electron chi connectivity index (χ3n) is 5.11. The van der Waals surface area contributed by atoms with Gasteiger partial charge in [-0.2, -0.15) is 13.2 Å². The fourth-order valence-corrected chi connectivity index (χ4v) is 4.00. The number of hydrogen-bond acceptors (Lipinski definition) is 4. The molecule has 1 fully saturated rings. The van der Waals surface area contributed by atoms with Gasteiger partial charge in [-0.15, -0.1) is 0 Å². The highest BCUT2D eigenvalue weighted by Gasteiger charge is 2.41. The first kappa shape index (κ1) is 17.2. The summed E-state index contributed by atoms with van der Waals surface area (Å²) in [5.41, 5.74) is 0.157. The summed E-state index contributed by atoms with van der Waals surface area (Å²) < 4.78 is 53.0. The van der Waals surface area contributed by atoms with Gasteiger partial charge in [0, 0.05) is 13.1 Å². The molecule has 2 heterocycles. The lowest BCUT2D eigenvalue weighted by atomic mass is 10.0. The number of anilines is 1. The maximum atomic E-state index is 13.8. The average Bonchev–Trinajstić information content (AvgIpc) is 3.01. The lowest BCUT2D eigenvalue weighted by Gasteiger charge is -2.38. The first-order valence-corrected chi connectivity index (χ1v) is 8.87. The summed E-state index contributed by atoms with van der Waals surface area (Å²) in [4.78, 5) is 6.34. The number of hydrogen-bond donors (Lipinski definition) is 0. The number of fused-ring (bicyclic) bond motifs is 4. The van der Waals surface area contributed by atoms with Crippen LogP contribution in [0.25, 0.3) is 10.9 Å². The van der Waals surface area contributed by atoms with E-state index in [4.69, 9.17) is 9.47 Å². The van der Waals surface area contributed by atoms with Gasteiger partial charge in [-0.05, 0) is 45.2 Å². The molecular formula is C19H21F3N2O2. The smallest absolute Gasteiger partial charge is 0.417 e. The van der Waals surface area contributed by atoms with Crippen LogP contribution in [-0.4, -0.2) is 30.3 Å². The molecule has 1 aromatic carbocycles. The zero-order valence-corrected chi connectivity index (χ0v) is 14.9. The van der Waals surface area contributed by atoms with Crippen LogP contribution in [0.1, 0.15) is 38.7 Å². The average molecular weight is 366 g/mol. The van der Waals surface area contributed by atoms with Crippen LogP contribution in [0.2, 0.25) is 0 Å². The van der Waals surface area contributed by atoms with Crippen LogP contribution >= 0.6 is 0 Å². The van der Waals surface area contributed by atoms with Crippen molar-refractivity contribution in [1.29, 1.82) is 0 Å². The highest BCUT2D eigenvalue weighted by atomic mass is 19.4. The molecule has 2 aliphatic rings. The second-order valence-corrected chi connectivity index (χ2v) is 7.25. The molecule has 1 aromatic heterocycles. The van der Waals surface area contributed by atoms with E-state index in [0.29, 0.717) is 5.69 Å². The molecule has 7 heteroatoms. The van der Waals surface area contributed by atoms with Crippen molar-refractivity contribution in [3.8, 4) is 11.6 Å². The molecule has 26 heavy (non-hydrogen) atoms. The highest BCUT2D eigenvalue weighted by molar-refractivity contribution is 5.95. The molecule has 0 radical (unpaired) electrons. The molecule has 4 nitrogen and oxygen atoms in total. The summed E-state index contributed by atoms with van der Waals surface area (Å²) in [6.07, 6.45) is -2.01. The third kappa shape index (κ3) is 2.73. The number of nitrogens with zero attached hydrogens (tertiary/aromatic N) is 2. The van der Waals surface area contributed by atoms with Crippen molar-refractivity contribution in [2.45, 2.75) is 57.5 Å². The van der Waals surface area contributed by atoms with Crippen molar-refractivity contribution in [1.82, 2.24) is 4.98 Å². The Kier molecular flexibility index (Phi) is 3.93. The van der Waals surface area contributed by atoms with Gasteiger partial charge in [0.2, 0.25) is 5.88 Å². The van der Waals surface area contributed by atoms with E-state index in [1.807, 2.05) is 7.05 Å². The largest absolute Gasteiger partial charge is 0.485 e. The van der Waals surface area contributed by atoms with Crippen LogP contribution in [0.5, 0.6) is 11.6 Å². The summed E-state index contributed by atoms with van der Waals surface area (Å²) in [6, 6.07) is 4.60. The summed E-state index contributed by atoms with van der Waals surface area (Å²) in [6.45, 7) is 3.51. The van der Waals surface area contributed by atoms with Crippen LogP contribution in [0.3, 0.4) is 0 Å². The zero-order valence-electron chi connectivity index (χ0n) is 14.9. The monoisotopic (exact) mass is 366 g/mol. The van der Waals surface area contributed by atoms with Crippen LogP contribution in [-0.2, 0) is 6.18 Å². The van der Waals surface area contributed by atoms with Gasteiger partial charge in [0.1, 0.15) is 6.10 Å². The molecule has 1 aliphatic heterocycles. The van der Waals surface area contributed by atoms with Crippen LogP contribution in [0, 0.1) is 0 Å². The molecule has 1 aliphatic carbocycles. The fraction of sp³-hybridized carbons (Fsp3) is 0.526. The lowest BCUT2D eigenvalue weighted by molar-refractivity contribution is -0.136. The SMILES string of the molecule is CC(C)Oc1cc(C(F)(F)F)c2c3c(ccc2n1)N(C)[C@@H]1CCC[C@@H]1O3. The Morgan fingerprint density at radius 2 is 2.04 bits per heavy atom. The molecular weight excluding hydrogens is 345 g/mol. The van der Waals surface area contributed by atoms with E-state index in [9.17, 15) is 13.2 Å². The Morgan fingerprint density at radius 1 is 1.27 bits per heavy atom. The van der Waals surface area contributed by atoms with Crippen LogP contribution in [0.4, 0.5) is 18.9 Å². The number of pyridine rings is 1. The number of alkyl halides is 3.